The molecule has 0 radical (unpaired) electrons. The Morgan fingerprint density at radius 2 is 2.00 bits per heavy atom. The lowest BCUT2D eigenvalue weighted by atomic mass is 9.98. The van der Waals surface area contributed by atoms with E-state index < -0.39 is 24.5 Å². The van der Waals surface area contributed by atoms with Crippen LogP contribution in [-0.2, 0) is 11.2 Å². The number of pyridine rings is 1. The Kier molecular flexibility index (Phi) is 6.10. The maximum Gasteiger partial charge on any atom is 0.387 e. The van der Waals surface area contributed by atoms with Gasteiger partial charge in [0.25, 0.3) is 0 Å². The second-order valence-corrected chi connectivity index (χ2v) is 8.20. The van der Waals surface area contributed by atoms with Crippen molar-refractivity contribution in [1.82, 2.24) is 4.98 Å². The van der Waals surface area contributed by atoms with Crippen LogP contribution in [0.1, 0.15) is 41.6 Å². The fraction of sp³-hybridized carbons (Fsp3) is 0.280. The molecule has 1 aliphatic heterocycles. The van der Waals surface area contributed by atoms with Gasteiger partial charge in [0.2, 0.25) is 5.88 Å². The number of fused-ring (bicyclic) bond motifs is 2. The van der Waals surface area contributed by atoms with E-state index in [9.17, 15) is 18.0 Å². The molecule has 0 spiro atoms. The summed E-state index contributed by atoms with van der Waals surface area (Å²) in [7, 11) is 0. The minimum absolute atomic E-state index is 0.0198. The standard InChI is InChI=1S/C25H20F3NO6/c26-18-5-7-19(35-22-8-2-15(11-29-22)34-25(27)28)17-4-6-20(24(17)18)33-14-1-3-16-13(9-23(30)31)12-32-21(16)10-14/h1-3,5,7-8,10-11,13,20,25H,4,6,9,12H2,(H,30,31)/t13?,20-/m1/s1. The van der Waals surface area contributed by atoms with Gasteiger partial charge >= 0.3 is 12.6 Å². The van der Waals surface area contributed by atoms with E-state index in [1.807, 2.05) is 0 Å². The fourth-order valence-electron chi connectivity index (χ4n) is 4.44. The number of halogens is 3. The molecule has 2 atom stereocenters. The summed E-state index contributed by atoms with van der Waals surface area (Å²) in [6.07, 6.45) is 1.56. The quantitative estimate of drug-likeness (QED) is 0.441. The van der Waals surface area contributed by atoms with Gasteiger partial charge in [0.15, 0.2) is 0 Å². The topological polar surface area (TPSA) is 87.1 Å². The lowest BCUT2D eigenvalue weighted by Gasteiger charge is -2.17. The molecule has 2 aliphatic rings. The fourth-order valence-corrected chi connectivity index (χ4v) is 4.44. The molecule has 0 saturated heterocycles. The summed E-state index contributed by atoms with van der Waals surface area (Å²) < 4.78 is 61.2. The van der Waals surface area contributed by atoms with Crippen molar-refractivity contribution >= 4 is 5.97 Å². The zero-order valence-corrected chi connectivity index (χ0v) is 18.2. The van der Waals surface area contributed by atoms with Gasteiger partial charge in [-0.15, -0.1) is 0 Å². The predicted octanol–water partition coefficient (Wildman–Crippen LogP) is 5.63. The van der Waals surface area contributed by atoms with E-state index in [-0.39, 0.29) is 30.6 Å². The molecule has 5 rings (SSSR count). The minimum atomic E-state index is -2.95. The average Bonchev–Trinajstić information content (AvgIpc) is 3.41. The number of carboxylic acid groups (broad SMARTS) is 1. The lowest BCUT2D eigenvalue weighted by Crippen LogP contribution is -2.07. The molecule has 10 heteroatoms. The highest BCUT2D eigenvalue weighted by Crippen LogP contribution is 2.44. The van der Waals surface area contributed by atoms with Crippen LogP contribution in [0, 0.1) is 5.82 Å². The van der Waals surface area contributed by atoms with Gasteiger partial charge in [-0.3, -0.25) is 4.79 Å². The highest BCUT2D eigenvalue weighted by molar-refractivity contribution is 5.68. The van der Waals surface area contributed by atoms with Gasteiger partial charge in [-0.1, -0.05) is 6.07 Å². The van der Waals surface area contributed by atoms with Crippen LogP contribution in [-0.4, -0.2) is 29.3 Å². The molecule has 3 aromatic rings. The predicted molar refractivity (Wildman–Crippen MR) is 116 cm³/mol. The molecule has 1 unspecified atom stereocenters. The van der Waals surface area contributed by atoms with Gasteiger partial charge in [0, 0.05) is 34.7 Å². The first-order valence-corrected chi connectivity index (χ1v) is 10.9. The van der Waals surface area contributed by atoms with Crippen LogP contribution in [0.25, 0.3) is 0 Å². The van der Waals surface area contributed by atoms with Crippen LogP contribution in [0.3, 0.4) is 0 Å². The molecular formula is C25H20F3NO6. The Hall–Kier alpha value is -3.95. The highest BCUT2D eigenvalue weighted by atomic mass is 19.3. The Labute approximate surface area is 198 Å². The largest absolute Gasteiger partial charge is 0.492 e. The van der Waals surface area contributed by atoms with Crippen molar-refractivity contribution in [3.8, 4) is 28.9 Å². The molecule has 2 aromatic carbocycles. The van der Waals surface area contributed by atoms with Crippen molar-refractivity contribution in [2.24, 2.45) is 0 Å². The molecule has 35 heavy (non-hydrogen) atoms. The molecule has 0 amide bonds. The summed E-state index contributed by atoms with van der Waals surface area (Å²) in [5.41, 5.74) is 1.83. The third-order valence-corrected chi connectivity index (χ3v) is 5.95. The number of ether oxygens (including phenoxy) is 4. The second kappa shape index (κ2) is 9.36. The summed E-state index contributed by atoms with van der Waals surface area (Å²) >= 11 is 0. The molecule has 0 fully saturated rings. The summed E-state index contributed by atoms with van der Waals surface area (Å²) in [6.45, 7) is -2.67. The van der Waals surface area contributed by atoms with Crippen molar-refractivity contribution in [2.75, 3.05) is 6.61 Å². The van der Waals surface area contributed by atoms with Crippen LogP contribution in [0.15, 0.2) is 48.7 Å². The molecule has 1 N–H and O–H groups in total. The summed E-state index contributed by atoms with van der Waals surface area (Å²) in [5.74, 6) is -0.0385. The van der Waals surface area contributed by atoms with E-state index in [0.717, 1.165) is 11.8 Å². The molecule has 1 aliphatic carbocycles. The summed E-state index contributed by atoms with van der Waals surface area (Å²) in [4.78, 5) is 15.0. The van der Waals surface area contributed by atoms with Crippen LogP contribution in [0.5, 0.6) is 28.9 Å². The maximum atomic E-state index is 14.8. The van der Waals surface area contributed by atoms with E-state index >= 15 is 0 Å². The molecule has 2 heterocycles. The van der Waals surface area contributed by atoms with Crippen LogP contribution >= 0.6 is 0 Å². The van der Waals surface area contributed by atoms with Crippen LogP contribution < -0.4 is 18.9 Å². The van der Waals surface area contributed by atoms with Crippen LogP contribution in [0.4, 0.5) is 13.2 Å². The van der Waals surface area contributed by atoms with E-state index in [1.54, 1.807) is 18.2 Å². The van der Waals surface area contributed by atoms with Gasteiger partial charge in [-0.25, -0.2) is 9.37 Å². The first kappa shape index (κ1) is 22.8. The maximum absolute atomic E-state index is 14.8. The zero-order chi connectivity index (χ0) is 24.5. The number of alkyl halides is 2. The number of carboxylic acids is 1. The van der Waals surface area contributed by atoms with Crippen molar-refractivity contribution < 1.29 is 42.0 Å². The van der Waals surface area contributed by atoms with E-state index in [2.05, 4.69) is 9.72 Å². The molecule has 7 nitrogen and oxygen atoms in total. The van der Waals surface area contributed by atoms with Gasteiger partial charge in [0.1, 0.15) is 34.9 Å². The number of aromatic nitrogens is 1. The Morgan fingerprint density at radius 3 is 2.74 bits per heavy atom. The third-order valence-electron chi connectivity index (χ3n) is 5.95. The number of rotatable bonds is 8. The minimum Gasteiger partial charge on any atom is -0.492 e. The summed E-state index contributed by atoms with van der Waals surface area (Å²) in [5, 5.41) is 9.06. The first-order valence-electron chi connectivity index (χ1n) is 10.9. The highest BCUT2D eigenvalue weighted by Gasteiger charge is 2.32. The number of nitrogens with zero attached hydrogens (tertiary/aromatic N) is 1. The Bertz CT molecular complexity index is 1250. The number of aliphatic carboxylic acids is 1. The van der Waals surface area contributed by atoms with Crippen molar-refractivity contribution in [1.29, 1.82) is 0 Å². The van der Waals surface area contributed by atoms with E-state index in [1.165, 1.54) is 24.3 Å². The number of hydrogen-bond donors (Lipinski definition) is 1. The smallest absolute Gasteiger partial charge is 0.387 e. The third kappa shape index (κ3) is 4.82. The van der Waals surface area contributed by atoms with Crippen molar-refractivity contribution in [2.45, 2.75) is 37.9 Å². The zero-order valence-electron chi connectivity index (χ0n) is 18.2. The van der Waals surface area contributed by atoms with E-state index in [0.29, 0.717) is 41.2 Å². The van der Waals surface area contributed by atoms with Crippen molar-refractivity contribution in [3.05, 3.63) is 71.2 Å². The average molecular weight is 487 g/mol. The SMILES string of the molecule is O=C(O)CC1COc2cc(O[C@@H]3CCc4c(Oc5ccc(OC(F)F)cn5)ccc(F)c43)ccc21. The van der Waals surface area contributed by atoms with Crippen molar-refractivity contribution in [3.63, 3.8) is 0 Å². The normalized spacial score (nSPS) is 18.1. The molecule has 0 bridgehead atoms. The molecule has 1 aromatic heterocycles. The Morgan fingerprint density at radius 1 is 1.17 bits per heavy atom. The van der Waals surface area contributed by atoms with E-state index in [4.69, 9.17) is 19.3 Å². The van der Waals surface area contributed by atoms with Gasteiger partial charge in [-0.2, -0.15) is 8.78 Å². The summed E-state index contributed by atoms with van der Waals surface area (Å²) in [6, 6.07) is 10.7. The number of benzene rings is 2. The van der Waals surface area contributed by atoms with Gasteiger partial charge in [0.05, 0.1) is 19.2 Å². The van der Waals surface area contributed by atoms with Gasteiger partial charge in [-0.05, 0) is 37.1 Å². The molecule has 182 valence electrons. The molecular weight excluding hydrogens is 467 g/mol. The second-order valence-electron chi connectivity index (χ2n) is 8.20. The van der Waals surface area contributed by atoms with Gasteiger partial charge < -0.3 is 24.1 Å². The first-order chi connectivity index (χ1) is 16.9. The lowest BCUT2D eigenvalue weighted by molar-refractivity contribution is -0.137. The number of hydrogen-bond acceptors (Lipinski definition) is 6. The molecule has 0 saturated carbocycles. The van der Waals surface area contributed by atoms with Crippen LogP contribution in [0.2, 0.25) is 0 Å². The Balaban J connectivity index is 1.33. The monoisotopic (exact) mass is 487 g/mol. The number of carbonyl (C=O) groups is 1.